The molecule has 2 aliphatic rings. The van der Waals surface area contributed by atoms with Crippen LogP contribution in [0, 0.1) is 0 Å². The van der Waals surface area contributed by atoms with Crippen molar-refractivity contribution in [3.05, 3.63) is 18.0 Å². The van der Waals surface area contributed by atoms with Gasteiger partial charge in [0, 0.05) is 18.6 Å². The van der Waals surface area contributed by atoms with E-state index in [0.717, 1.165) is 30.4 Å². The summed E-state index contributed by atoms with van der Waals surface area (Å²) in [4.78, 5) is 2.46. The van der Waals surface area contributed by atoms with E-state index in [1.54, 1.807) is 6.07 Å². The van der Waals surface area contributed by atoms with Gasteiger partial charge in [0.15, 0.2) is 5.65 Å². The lowest BCUT2D eigenvalue weighted by Crippen LogP contribution is -2.41. The third-order valence-corrected chi connectivity index (χ3v) is 4.71. The van der Waals surface area contributed by atoms with Gasteiger partial charge >= 0.3 is 6.18 Å². The van der Waals surface area contributed by atoms with E-state index in [1.165, 1.54) is 18.9 Å². The summed E-state index contributed by atoms with van der Waals surface area (Å²) in [5.41, 5.74) is 0.0913. The molecule has 0 unspecified atom stereocenters. The second kappa shape index (κ2) is 5.33. The minimum Gasteiger partial charge on any atom is -0.364 e. The zero-order valence-electron chi connectivity index (χ0n) is 12.4. The Hall–Kier alpha value is -1.90. The van der Waals surface area contributed by atoms with E-state index in [0.29, 0.717) is 11.9 Å². The van der Waals surface area contributed by atoms with E-state index in [1.807, 2.05) is 0 Å². The smallest absolute Gasteiger partial charge is 0.364 e. The third-order valence-electron chi connectivity index (χ3n) is 4.71. The normalized spacial score (nSPS) is 25.7. The van der Waals surface area contributed by atoms with E-state index >= 15 is 0 Å². The fourth-order valence-corrected chi connectivity index (χ4v) is 3.65. The number of anilines is 1. The molecule has 2 fully saturated rings. The number of halogens is 3. The van der Waals surface area contributed by atoms with Gasteiger partial charge in [-0.3, -0.25) is 4.90 Å². The summed E-state index contributed by atoms with van der Waals surface area (Å²) in [6.45, 7) is 2.14. The summed E-state index contributed by atoms with van der Waals surface area (Å²) >= 11 is 0. The van der Waals surface area contributed by atoms with Crippen LogP contribution in [0.3, 0.4) is 0 Å². The molecule has 2 aromatic rings. The van der Waals surface area contributed by atoms with Crippen LogP contribution < -0.4 is 5.32 Å². The summed E-state index contributed by atoms with van der Waals surface area (Å²) in [6, 6.07) is 3.84. The average Bonchev–Trinajstić information content (AvgIpc) is 3.11. The summed E-state index contributed by atoms with van der Waals surface area (Å²) in [6.07, 6.45) is -0.0316. The van der Waals surface area contributed by atoms with E-state index in [4.69, 9.17) is 0 Å². The molecule has 0 radical (unpaired) electrons. The summed E-state index contributed by atoms with van der Waals surface area (Å²) in [5, 5.41) is 14.1. The number of alkyl halides is 3. The molecule has 2 aliphatic heterocycles. The molecule has 1 N–H and O–H groups in total. The van der Waals surface area contributed by atoms with Crippen molar-refractivity contribution >= 4 is 11.5 Å². The highest BCUT2D eigenvalue weighted by atomic mass is 19.4. The maximum atomic E-state index is 12.9. The van der Waals surface area contributed by atoms with Crippen molar-refractivity contribution in [2.45, 2.75) is 43.9 Å². The fraction of sp³-hybridized carbons (Fsp3) is 0.643. The molecule has 6 nitrogen and oxygen atoms in total. The van der Waals surface area contributed by atoms with Gasteiger partial charge in [-0.2, -0.15) is 17.7 Å². The van der Waals surface area contributed by atoms with Gasteiger partial charge in [-0.05, 0) is 37.9 Å². The van der Waals surface area contributed by atoms with Crippen LogP contribution in [0.15, 0.2) is 12.1 Å². The number of rotatable bonds is 2. The lowest BCUT2D eigenvalue weighted by Gasteiger charge is -2.32. The van der Waals surface area contributed by atoms with Gasteiger partial charge in [0.05, 0.1) is 0 Å². The Morgan fingerprint density at radius 1 is 1.09 bits per heavy atom. The molecule has 0 saturated carbocycles. The molecule has 0 aromatic carbocycles. The third kappa shape index (κ3) is 2.62. The van der Waals surface area contributed by atoms with Crippen molar-refractivity contribution in [3.63, 3.8) is 0 Å². The first kappa shape index (κ1) is 14.7. The quantitative estimate of drug-likeness (QED) is 0.917. The Labute approximate surface area is 130 Å². The molecular weight excluding hydrogens is 309 g/mol. The second-order valence-corrected chi connectivity index (χ2v) is 6.15. The van der Waals surface area contributed by atoms with Crippen molar-refractivity contribution in [1.82, 2.24) is 24.7 Å². The predicted octanol–water partition coefficient (Wildman–Crippen LogP) is 2.18. The lowest BCUT2D eigenvalue weighted by atomic mass is 9.99. The van der Waals surface area contributed by atoms with Crippen molar-refractivity contribution < 1.29 is 13.2 Å². The molecule has 2 saturated heterocycles. The fourth-order valence-electron chi connectivity index (χ4n) is 3.65. The SMILES string of the molecule is FC(F)(F)c1nnc2ccc(N[C@H]3CCN4CCCC[C@H]34)nn12. The van der Waals surface area contributed by atoms with E-state index in [9.17, 15) is 13.2 Å². The molecule has 2 aromatic heterocycles. The maximum absolute atomic E-state index is 12.9. The minimum atomic E-state index is -4.57. The zero-order valence-corrected chi connectivity index (χ0v) is 12.4. The van der Waals surface area contributed by atoms with Gasteiger partial charge in [-0.15, -0.1) is 15.3 Å². The number of nitrogens with zero attached hydrogens (tertiary/aromatic N) is 5. The van der Waals surface area contributed by atoms with Crippen LogP contribution in [0.1, 0.15) is 31.5 Å². The number of hydrogen-bond acceptors (Lipinski definition) is 5. The van der Waals surface area contributed by atoms with Crippen LogP contribution in [0.2, 0.25) is 0 Å². The number of piperidine rings is 1. The van der Waals surface area contributed by atoms with E-state index < -0.39 is 12.0 Å². The van der Waals surface area contributed by atoms with Crippen molar-refractivity contribution in [2.24, 2.45) is 0 Å². The first-order valence-electron chi connectivity index (χ1n) is 7.82. The zero-order chi connectivity index (χ0) is 16.0. The molecule has 9 heteroatoms. The average molecular weight is 326 g/mol. The Bertz CT molecular complexity index is 712. The van der Waals surface area contributed by atoms with Crippen LogP contribution in [0.25, 0.3) is 5.65 Å². The van der Waals surface area contributed by atoms with Crippen LogP contribution in [-0.4, -0.2) is 49.9 Å². The molecule has 4 rings (SSSR count). The highest BCUT2D eigenvalue weighted by Crippen LogP contribution is 2.30. The van der Waals surface area contributed by atoms with Crippen LogP contribution in [0.4, 0.5) is 19.0 Å². The highest BCUT2D eigenvalue weighted by molar-refractivity contribution is 5.45. The largest absolute Gasteiger partial charge is 0.453 e. The Morgan fingerprint density at radius 3 is 2.78 bits per heavy atom. The Morgan fingerprint density at radius 2 is 1.96 bits per heavy atom. The van der Waals surface area contributed by atoms with Crippen LogP contribution in [-0.2, 0) is 6.18 Å². The number of fused-ring (bicyclic) bond motifs is 2. The molecule has 2 atom stereocenters. The molecule has 4 heterocycles. The monoisotopic (exact) mass is 326 g/mol. The topological polar surface area (TPSA) is 58.4 Å². The summed E-state index contributed by atoms with van der Waals surface area (Å²) in [7, 11) is 0. The van der Waals surface area contributed by atoms with Gasteiger partial charge in [-0.1, -0.05) is 6.42 Å². The molecule has 0 aliphatic carbocycles. The molecular formula is C14H17F3N6. The minimum absolute atomic E-state index is 0.0913. The van der Waals surface area contributed by atoms with Gasteiger partial charge < -0.3 is 5.32 Å². The predicted molar refractivity (Wildman–Crippen MR) is 77.0 cm³/mol. The summed E-state index contributed by atoms with van der Waals surface area (Å²) < 4.78 is 39.5. The maximum Gasteiger partial charge on any atom is 0.453 e. The highest BCUT2D eigenvalue weighted by Gasteiger charge is 2.38. The lowest BCUT2D eigenvalue weighted by molar-refractivity contribution is -0.146. The second-order valence-electron chi connectivity index (χ2n) is 6.15. The molecule has 23 heavy (non-hydrogen) atoms. The van der Waals surface area contributed by atoms with E-state index in [2.05, 4.69) is 25.5 Å². The number of hydrogen-bond donors (Lipinski definition) is 1. The Balaban J connectivity index is 1.60. The number of aromatic nitrogens is 4. The van der Waals surface area contributed by atoms with Crippen LogP contribution in [0.5, 0.6) is 0 Å². The van der Waals surface area contributed by atoms with E-state index in [-0.39, 0.29) is 11.7 Å². The first-order chi connectivity index (χ1) is 11.0. The van der Waals surface area contributed by atoms with Crippen molar-refractivity contribution in [3.8, 4) is 0 Å². The van der Waals surface area contributed by atoms with Gasteiger partial charge in [-0.25, -0.2) is 0 Å². The molecule has 0 spiro atoms. The molecule has 0 amide bonds. The number of nitrogens with one attached hydrogen (secondary N) is 1. The summed E-state index contributed by atoms with van der Waals surface area (Å²) in [5.74, 6) is -0.665. The molecule has 124 valence electrons. The molecule has 0 bridgehead atoms. The van der Waals surface area contributed by atoms with Crippen LogP contribution >= 0.6 is 0 Å². The van der Waals surface area contributed by atoms with Gasteiger partial charge in [0.1, 0.15) is 5.82 Å². The van der Waals surface area contributed by atoms with Crippen molar-refractivity contribution in [1.29, 1.82) is 0 Å². The standard InChI is InChI=1S/C14H17F3N6/c15-14(16,17)13-20-19-12-5-4-11(21-23(12)13)18-9-6-8-22-7-2-1-3-10(9)22/h4-5,9-10H,1-3,6-8H2,(H,18,21)/t9-,10+/m0/s1. The van der Waals surface area contributed by atoms with Gasteiger partial charge in [0.2, 0.25) is 0 Å². The first-order valence-corrected chi connectivity index (χ1v) is 7.82. The van der Waals surface area contributed by atoms with Crippen molar-refractivity contribution in [2.75, 3.05) is 18.4 Å². The Kier molecular flexibility index (Phi) is 3.40. The van der Waals surface area contributed by atoms with Gasteiger partial charge in [0.25, 0.3) is 5.82 Å².